The Bertz CT molecular complexity index is 615. The maximum atomic E-state index is 6.14. The van der Waals surface area contributed by atoms with Gasteiger partial charge in [-0.2, -0.15) is 0 Å². The second-order valence-electron chi connectivity index (χ2n) is 5.18. The molecule has 4 heteroatoms. The van der Waals surface area contributed by atoms with E-state index in [2.05, 4.69) is 24.1 Å². The van der Waals surface area contributed by atoms with Crippen LogP contribution in [0.5, 0.6) is 11.5 Å². The molecule has 0 amide bonds. The normalized spacial score (nSPS) is 18.3. The molecule has 1 aromatic heterocycles. The van der Waals surface area contributed by atoms with E-state index in [-0.39, 0.29) is 12.1 Å². The van der Waals surface area contributed by atoms with Gasteiger partial charge in [-0.1, -0.05) is 19.1 Å². The zero-order chi connectivity index (χ0) is 14.7. The van der Waals surface area contributed by atoms with E-state index in [1.54, 1.807) is 0 Å². The highest BCUT2D eigenvalue weighted by atomic mass is 16.6. The summed E-state index contributed by atoms with van der Waals surface area (Å²) in [7, 11) is 0. The molecule has 4 nitrogen and oxygen atoms in total. The Morgan fingerprint density at radius 2 is 2.10 bits per heavy atom. The second kappa shape index (κ2) is 6.14. The molecule has 0 saturated heterocycles. The molecule has 2 aromatic rings. The van der Waals surface area contributed by atoms with Gasteiger partial charge in [0.2, 0.25) is 0 Å². The number of ether oxygens (including phenoxy) is 2. The Morgan fingerprint density at radius 3 is 2.86 bits per heavy atom. The third-order valence-corrected chi connectivity index (χ3v) is 3.74. The SMILES string of the molecule is CCNC(c1cnccc1C)C1COc2ccccc2O1. The molecule has 2 unspecified atom stereocenters. The minimum atomic E-state index is -0.0669. The minimum absolute atomic E-state index is 0.0667. The average Bonchev–Trinajstić information content (AvgIpc) is 2.53. The van der Waals surface area contributed by atoms with Crippen LogP contribution in [-0.2, 0) is 0 Å². The van der Waals surface area contributed by atoms with E-state index in [4.69, 9.17) is 9.47 Å². The molecule has 1 aliphatic heterocycles. The van der Waals surface area contributed by atoms with Gasteiger partial charge in [0.25, 0.3) is 0 Å². The van der Waals surface area contributed by atoms with E-state index >= 15 is 0 Å². The number of aromatic nitrogens is 1. The van der Waals surface area contributed by atoms with Crippen molar-refractivity contribution in [3.8, 4) is 11.5 Å². The lowest BCUT2D eigenvalue weighted by Gasteiger charge is -2.33. The Balaban J connectivity index is 1.88. The predicted molar refractivity (Wildman–Crippen MR) is 81.7 cm³/mol. The van der Waals surface area contributed by atoms with Crippen molar-refractivity contribution in [1.29, 1.82) is 0 Å². The second-order valence-corrected chi connectivity index (χ2v) is 5.18. The van der Waals surface area contributed by atoms with Crippen molar-refractivity contribution < 1.29 is 9.47 Å². The summed E-state index contributed by atoms with van der Waals surface area (Å²) in [6.07, 6.45) is 3.66. The number of nitrogens with zero attached hydrogens (tertiary/aromatic N) is 1. The fourth-order valence-corrected chi connectivity index (χ4v) is 2.66. The molecule has 0 spiro atoms. The van der Waals surface area contributed by atoms with Crippen molar-refractivity contribution in [2.45, 2.75) is 26.0 Å². The summed E-state index contributed by atoms with van der Waals surface area (Å²) in [5.41, 5.74) is 2.37. The van der Waals surface area contributed by atoms with Gasteiger partial charge in [-0.15, -0.1) is 0 Å². The monoisotopic (exact) mass is 284 g/mol. The Labute approximate surface area is 125 Å². The van der Waals surface area contributed by atoms with E-state index in [1.807, 2.05) is 42.7 Å². The zero-order valence-electron chi connectivity index (χ0n) is 12.4. The number of hydrogen-bond donors (Lipinski definition) is 1. The Kier molecular flexibility index (Phi) is 4.06. The lowest BCUT2D eigenvalue weighted by atomic mass is 9.98. The first-order chi connectivity index (χ1) is 10.3. The molecule has 3 rings (SSSR count). The van der Waals surface area contributed by atoms with Gasteiger partial charge in [-0.3, -0.25) is 4.98 Å². The summed E-state index contributed by atoms with van der Waals surface area (Å²) in [5, 5.41) is 3.50. The molecule has 1 N–H and O–H groups in total. The van der Waals surface area contributed by atoms with Crippen LogP contribution in [0.1, 0.15) is 24.1 Å². The average molecular weight is 284 g/mol. The molecule has 2 atom stereocenters. The van der Waals surface area contributed by atoms with Gasteiger partial charge < -0.3 is 14.8 Å². The summed E-state index contributed by atoms with van der Waals surface area (Å²) in [4.78, 5) is 4.25. The molecule has 1 aromatic carbocycles. The molecule has 21 heavy (non-hydrogen) atoms. The van der Waals surface area contributed by atoms with Crippen LogP contribution in [0.2, 0.25) is 0 Å². The van der Waals surface area contributed by atoms with Crippen molar-refractivity contribution >= 4 is 0 Å². The van der Waals surface area contributed by atoms with Crippen molar-refractivity contribution in [3.05, 3.63) is 53.9 Å². The molecule has 0 radical (unpaired) electrons. The number of pyridine rings is 1. The van der Waals surface area contributed by atoms with Gasteiger partial charge >= 0.3 is 0 Å². The van der Waals surface area contributed by atoms with Gasteiger partial charge in [-0.05, 0) is 42.8 Å². The first-order valence-electron chi connectivity index (χ1n) is 7.32. The molecule has 110 valence electrons. The molecule has 0 fully saturated rings. The summed E-state index contributed by atoms with van der Waals surface area (Å²) >= 11 is 0. The van der Waals surface area contributed by atoms with Crippen LogP contribution < -0.4 is 14.8 Å². The maximum absolute atomic E-state index is 6.14. The van der Waals surface area contributed by atoms with Crippen molar-refractivity contribution in [3.63, 3.8) is 0 Å². The molecule has 2 heterocycles. The minimum Gasteiger partial charge on any atom is -0.486 e. The lowest BCUT2D eigenvalue weighted by molar-refractivity contribution is 0.0619. The largest absolute Gasteiger partial charge is 0.486 e. The summed E-state index contributed by atoms with van der Waals surface area (Å²) in [5.74, 6) is 1.62. The molecular weight excluding hydrogens is 264 g/mol. The first kappa shape index (κ1) is 13.9. The molecule has 0 aliphatic carbocycles. The lowest BCUT2D eigenvalue weighted by Crippen LogP contribution is -2.42. The third-order valence-electron chi connectivity index (χ3n) is 3.74. The van der Waals surface area contributed by atoms with Crippen LogP contribution in [0.15, 0.2) is 42.7 Å². The molecule has 1 aliphatic rings. The predicted octanol–water partition coefficient (Wildman–Crippen LogP) is 2.88. The van der Waals surface area contributed by atoms with E-state index in [9.17, 15) is 0 Å². The Morgan fingerprint density at radius 1 is 1.29 bits per heavy atom. The number of hydrogen-bond acceptors (Lipinski definition) is 4. The number of rotatable bonds is 4. The number of aryl methyl sites for hydroxylation is 1. The quantitative estimate of drug-likeness (QED) is 0.937. The van der Waals surface area contributed by atoms with Crippen LogP contribution >= 0.6 is 0 Å². The first-order valence-corrected chi connectivity index (χ1v) is 7.32. The van der Waals surface area contributed by atoms with Gasteiger partial charge in [0.15, 0.2) is 17.6 Å². The van der Waals surface area contributed by atoms with Crippen molar-refractivity contribution in [2.24, 2.45) is 0 Å². The highest BCUT2D eigenvalue weighted by molar-refractivity contribution is 5.41. The van der Waals surface area contributed by atoms with Gasteiger partial charge in [0, 0.05) is 12.4 Å². The number of para-hydroxylation sites is 2. The third kappa shape index (κ3) is 2.85. The Hall–Kier alpha value is -2.07. The standard InChI is InChI=1S/C17H20N2O2/c1-3-19-17(13-10-18-9-8-12(13)2)16-11-20-14-6-4-5-7-15(14)21-16/h4-10,16-17,19H,3,11H2,1-2H3. The highest BCUT2D eigenvalue weighted by Gasteiger charge is 2.30. The summed E-state index contributed by atoms with van der Waals surface area (Å²) in [6, 6.07) is 9.88. The van der Waals surface area contributed by atoms with Crippen LogP contribution in [0.25, 0.3) is 0 Å². The van der Waals surface area contributed by atoms with Crippen LogP contribution in [-0.4, -0.2) is 24.2 Å². The van der Waals surface area contributed by atoms with Gasteiger partial charge in [0.1, 0.15) is 6.61 Å². The smallest absolute Gasteiger partial charge is 0.161 e. The van der Waals surface area contributed by atoms with Crippen LogP contribution in [0, 0.1) is 6.92 Å². The zero-order valence-corrected chi connectivity index (χ0v) is 12.4. The van der Waals surface area contributed by atoms with Crippen LogP contribution in [0.4, 0.5) is 0 Å². The summed E-state index contributed by atoms with van der Waals surface area (Å²) in [6.45, 7) is 5.58. The number of likely N-dealkylation sites (N-methyl/N-ethyl adjacent to an activating group) is 1. The molecular formula is C17H20N2O2. The number of nitrogens with one attached hydrogen (secondary N) is 1. The highest BCUT2D eigenvalue weighted by Crippen LogP contribution is 2.34. The topological polar surface area (TPSA) is 43.4 Å². The van der Waals surface area contributed by atoms with Crippen LogP contribution in [0.3, 0.4) is 0 Å². The maximum Gasteiger partial charge on any atom is 0.161 e. The van der Waals surface area contributed by atoms with Crippen molar-refractivity contribution in [2.75, 3.05) is 13.2 Å². The fourth-order valence-electron chi connectivity index (χ4n) is 2.66. The van der Waals surface area contributed by atoms with Gasteiger partial charge in [0.05, 0.1) is 6.04 Å². The van der Waals surface area contributed by atoms with E-state index in [1.165, 1.54) is 5.56 Å². The molecule has 0 bridgehead atoms. The van der Waals surface area contributed by atoms with E-state index in [0.29, 0.717) is 6.61 Å². The van der Waals surface area contributed by atoms with Crippen molar-refractivity contribution in [1.82, 2.24) is 10.3 Å². The van der Waals surface area contributed by atoms with Gasteiger partial charge in [-0.25, -0.2) is 0 Å². The number of fused-ring (bicyclic) bond motifs is 1. The van der Waals surface area contributed by atoms with E-state index in [0.717, 1.165) is 23.6 Å². The van der Waals surface area contributed by atoms with E-state index < -0.39 is 0 Å². The fraction of sp³-hybridized carbons (Fsp3) is 0.353. The molecule has 0 saturated carbocycles. The summed E-state index contributed by atoms with van der Waals surface area (Å²) < 4.78 is 12.0. The number of benzene rings is 1.